The van der Waals surface area contributed by atoms with Gasteiger partial charge in [0.25, 0.3) is 0 Å². The molecule has 0 aromatic rings. The summed E-state index contributed by atoms with van der Waals surface area (Å²) < 4.78 is 0. The number of allylic oxidation sites excluding steroid dienone is 2. The molecule has 0 spiro atoms. The van der Waals surface area contributed by atoms with Gasteiger partial charge in [0.05, 0.1) is 5.54 Å². The lowest BCUT2D eigenvalue weighted by Gasteiger charge is -2.30. The largest absolute Gasteiger partial charge is 0.401 e. The van der Waals surface area contributed by atoms with Crippen molar-refractivity contribution in [3.05, 3.63) is 23.9 Å². The standard InChI is InChI=1S/C10H18N2/c1-2-3-7-10(12)8-5-4-6-9(10)11/h4-6H,2-3,7-8,11-12H2,1H3/t10-/m0/s1. The molecule has 1 atom stereocenters. The van der Waals surface area contributed by atoms with Crippen LogP contribution in [0.2, 0.25) is 0 Å². The molecule has 0 bridgehead atoms. The van der Waals surface area contributed by atoms with Gasteiger partial charge in [-0.15, -0.1) is 0 Å². The van der Waals surface area contributed by atoms with Gasteiger partial charge in [-0.1, -0.05) is 31.9 Å². The smallest absolute Gasteiger partial charge is 0.0591 e. The molecule has 0 radical (unpaired) electrons. The Bertz CT molecular complexity index is 206. The average molecular weight is 166 g/mol. The topological polar surface area (TPSA) is 52.0 Å². The van der Waals surface area contributed by atoms with Gasteiger partial charge in [-0.2, -0.15) is 0 Å². The Hall–Kier alpha value is -0.760. The zero-order chi connectivity index (χ0) is 9.03. The van der Waals surface area contributed by atoms with E-state index in [4.69, 9.17) is 11.5 Å². The highest BCUT2D eigenvalue weighted by atomic mass is 14.8. The molecule has 0 aromatic carbocycles. The highest BCUT2D eigenvalue weighted by Crippen LogP contribution is 2.24. The molecule has 0 saturated heterocycles. The van der Waals surface area contributed by atoms with Crippen LogP contribution in [0.4, 0.5) is 0 Å². The number of hydrogen-bond acceptors (Lipinski definition) is 2. The predicted octanol–water partition coefficient (Wildman–Crippen LogP) is 1.68. The molecule has 68 valence electrons. The van der Waals surface area contributed by atoms with Crippen molar-refractivity contribution in [3.8, 4) is 0 Å². The first-order valence-corrected chi connectivity index (χ1v) is 4.61. The Labute approximate surface area is 74.3 Å². The lowest BCUT2D eigenvalue weighted by atomic mass is 9.84. The van der Waals surface area contributed by atoms with Crippen LogP contribution >= 0.6 is 0 Å². The zero-order valence-electron chi connectivity index (χ0n) is 7.72. The van der Waals surface area contributed by atoms with E-state index in [0.717, 1.165) is 25.0 Å². The monoisotopic (exact) mass is 166 g/mol. The lowest BCUT2D eigenvalue weighted by molar-refractivity contribution is 0.437. The highest BCUT2D eigenvalue weighted by Gasteiger charge is 2.26. The van der Waals surface area contributed by atoms with Crippen molar-refractivity contribution in [1.82, 2.24) is 0 Å². The summed E-state index contributed by atoms with van der Waals surface area (Å²) >= 11 is 0. The molecule has 2 nitrogen and oxygen atoms in total. The van der Waals surface area contributed by atoms with Crippen molar-refractivity contribution in [2.24, 2.45) is 11.5 Å². The first-order chi connectivity index (χ1) is 5.69. The maximum Gasteiger partial charge on any atom is 0.0591 e. The fourth-order valence-electron chi connectivity index (χ4n) is 1.47. The molecule has 0 fully saturated rings. The van der Waals surface area contributed by atoms with Crippen molar-refractivity contribution < 1.29 is 0 Å². The fraction of sp³-hybridized carbons (Fsp3) is 0.600. The molecule has 0 saturated carbocycles. The summed E-state index contributed by atoms with van der Waals surface area (Å²) in [6, 6.07) is 0. The number of nitrogens with two attached hydrogens (primary N) is 2. The van der Waals surface area contributed by atoms with E-state index in [1.807, 2.05) is 12.2 Å². The minimum atomic E-state index is -0.259. The molecule has 2 heteroatoms. The summed E-state index contributed by atoms with van der Waals surface area (Å²) in [7, 11) is 0. The van der Waals surface area contributed by atoms with E-state index < -0.39 is 0 Å². The Morgan fingerprint density at radius 3 is 2.92 bits per heavy atom. The average Bonchev–Trinajstić information content (AvgIpc) is 2.07. The third-order valence-corrected chi connectivity index (χ3v) is 2.45. The van der Waals surface area contributed by atoms with Crippen molar-refractivity contribution in [2.75, 3.05) is 0 Å². The van der Waals surface area contributed by atoms with Gasteiger partial charge in [0.2, 0.25) is 0 Å². The van der Waals surface area contributed by atoms with E-state index in [1.54, 1.807) is 0 Å². The summed E-state index contributed by atoms with van der Waals surface area (Å²) in [5.41, 5.74) is 12.6. The van der Waals surface area contributed by atoms with Crippen molar-refractivity contribution >= 4 is 0 Å². The molecule has 12 heavy (non-hydrogen) atoms. The molecule has 1 aliphatic rings. The van der Waals surface area contributed by atoms with Gasteiger partial charge in [0, 0.05) is 5.70 Å². The third-order valence-electron chi connectivity index (χ3n) is 2.45. The minimum Gasteiger partial charge on any atom is -0.401 e. The summed E-state index contributed by atoms with van der Waals surface area (Å²) in [4.78, 5) is 0. The molecule has 1 aliphatic carbocycles. The van der Waals surface area contributed by atoms with Gasteiger partial charge in [-0.25, -0.2) is 0 Å². The van der Waals surface area contributed by atoms with Crippen molar-refractivity contribution in [3.63, 3.8) is 0 Å². The van der Waals surface area contributed by atoms with E-state index >= 15 is 0 Å². The molecule has 0 amide bonds. The molecule has 0 heterocycles. The second kappa shape index (κ2) is 3.76. The van der Waals surface area contributed by atoms with Crippen LogP contribution in [-0.2, 0) is 0 Å². The van der Waals surface area contributed by atoms with E-state index in [-0.39, 0.29) is 5.54 Å². The van der Waals surface area contributed by atoms with Crippen LogP contribution in [-0.4, -0.2) is 5.54 Å². The van der Waals surface area contributed by atoms with Gasteiger partial charge in [-0.3, -0.25) is 0 Å². The molecule has 0 aromatic heterocycles. The van der Waals surface area contributed by atoms with Gasteiger partial charge >= 0.3 is 0 Å². The van der Waals surface area contributed by atoms with Crippen molar-refractivity contribution in [2.45, 2.75) is 38.1 Å². The van der Waals surface area contributed by atoms with Crippen molar-refractivity contribution in [1.29, 1.82) is 0 Å². The Morgan fingerprint density at radius 2 is 2.33 bits per heavy atom. The van der Waals surface area contributed by atoms with Crippen LogP contribution in [0, 0.1) is 0 Å². The first-order valence-electron chi connectivity index (χ1n) is 4.61. The summed E-state index contributed by atoms with van der Waals surface area (Å²) in [6.45, 7) is 2.17. The molecule has 1 rings (SSSR count). The molecular weight excluding hydrogens is 148 g/mol. The number of unbranched alkanes of at least 4 members (excludes halogenated alkanes) is 1. The third kappa shape index (κ3) is 1.89. The van der Waals surface area contributed by atoms with Crippen LogP contribution in [0.15, 0.2) is 23.9 Å². The summed E-state index contributed by atoms with van der Waals surface area (Å²) in [6.07, 6.45) is 10.2. The van der Waals surface area contributed by atoms with Gasteiger partial charge in [0.1, 0.15) is 0 Å². The molecular formula is C10H18N2. The van der Waals surface area contributed by atoms with E-state index in [9.17, 15) is 0 Å². The van der Waals surface area contributed by atoms with Gasteiger partial charge in [-0.05, 0) is 18.9 Å². The van der Waals surface area contributed by atoms with Crippen LogP contribution in [0.25, 0.3) is 0 Å². The molecule has 4 N–H and O–H groups in total. The zero-order valence-corrected chi connectivity index (χ0v) is 7.72. The van der Waals surface area contributed by atoms with Crippen LogP contribution < -0.4 is 11.5 Å². The Morgan fingerprint density at radius 1 is 1.58 bits per heavy atom. The Kier molecular flexibility index (Phi) is 2.93. The molecule has 0 unspecified atom stereocenters. The van der Waals surface area contributed by atoms with E-state index in [2.05, 4.69) is 13.0 Å². The summed E-state index contributed by atoms with van der Waals surface area (Å²) in [5.74, 6) is 0. The highest BCUT2D eigenvalue weighted by molar-refractivity contribution is 5.27. The first kappa shape index (κ1) is 9.33. The van der Waals surface area contributed by atoms with Gasteiger partial charge in [0.15, 0.2) is 0 Å². The maximum absolute atomic E-state index is 6.14. The predicted molar refractivity (Wildman–Crippen MR) is 52.5 cm³/mol. The normalized spacial score (nSPS) is 28.7. The SMILES string of the molecule is CCCC[C@]1(N)CC=CC=C1N. The van der Waals surface area contributed by atoms with Crippen LogP contribution in [0.5, 0.6) is 0 Å². The summed E-state index contributed by atoms with van der Waals surface area (Å²) in [5, 5.41) is 0. The van der Waals surface area contributed by atoms with Gasteiger partial charge < -0.3 is 11.5 Å². The number of hydrogen-bond donors (Lipinski definition) is 2. The Balaban J connectivity index is 2.58. The second-order valence-corrected chi connectivity index (χ2v) is 3.51. The number of rotatable bonds is 3. The van der Waals surface area contributed by atoms with E-state index in [1.165, 1.54) is 6.42 Å². The van der Waals surface area contributed by atoms with Crippen LogP contribution in [0.1, 0.15) is 32.6 Å². The maximum atomic E-state index is 6.14. The quantitative estimate of drug-likeness (QED) is 0.670. The molecule has 0 aliphatic heterocycles. The minimum absolute atomic E-state index is 0.259. The second-order valence-electron chi connectivity index (χ2n) is 3.51. The van der Waals surface area contributed by atoms with E-state index in [0.29, 0.717) is 0 Å². The lowest BCUT2D eigenvalue weighted by Crippen LogP contribution is -2.45. The fourth-order valence-corrected chi connectivity index (χ4v) is 1.47. The van der Waals surface area contributed by atoms with Crippen LogP contribution in [0.3, 0.4) is 0 Å².